The highest BCUT2D eigenvalue weighted by Crippen LogP contribution is 1.72. The largest absolute Gasteiger partial charge is 0.368 e. The molecule has 0 aliphatic rings. The summed E-state index contributed by atoms with van der Waals surface area (Å²) in [5.41, 5.74) is 0. The standard InChI is InChI=1S/C4H9BNO/c1-3-5-4(7)6-2/h3H2,1-2H3,(H,6,7). The maximum absolute atomic E-state index is 10.2. The van der Waals surface area contributed by atoms with Gasteiger partial charge in [-0.25, -0.2) is 0 Å². The first-order valence-corrected chi connectivity index (χ1v) is 2.36. The van der Waals surface area contributed by atoms with E-state index in [9.17, 15) is 4.79 Å². The minimum atomic E-state index is 0.00231. The van der Waals surface area contributed by atoms with E-state index < -0.39 is 0 Å². The van der Waals surface area contributed by atoms with Gasteiger partial charge in [0.05, 0.1) is 0 Å². The first-order valence-electron chi connectivity index (χ1n) is 2.36. The Morgan fingerprint density at radius 3 is 2.57 bits per heavy atom. The van der Waals surface area contributed by atoms with Gasteiger partial charge in [-0.15, -0.1) is 0 Å². The van der Waals surface area contributed by atoms with Gasteiger partial charge in [0.1, 0.15) is 0 Å². The lowest BCUT2D eigenvalue weighted by Crippen LogP contribution is -2.21. The molecular weight excluding hydrogens is 88.9 g/mol. The van der Waals surface area contributed by atoms with Crippen molar-refractivity contribution in [3.63, 3.8) is 0 Å². The second-order valence-electron chi connectivity index (χ2n) is 1.23. The van der Waals surface area contributed by atoms with Crippen LogP contribution in [0.5, 0.6) is 0 Å². The second kappa shape index (κ2) is 3.72. The SMILES string of the molecule is CC[B]C(=O)NC. The molecule has 0 saturated carbocycles. The van der Waals surface area contributed by atoms with Crippen molar-refractivity contribution in [3.05, 3.63) is 0 Å². The van der Waals surface area contributed by atoms with E-state index in [1.165, 1.54) is 0 Å². The van der Waals surface area contributed by atoms with Gasteiger partial charge >= 0.3 is 0 Å². The molecule has 0 rings (SSSR count). The number of carbonyl (C=O) groups is 1. The lowest BCUT2D eigenvalue weighted by Gasteiger charge is -1.89. The summed E-state index contributed by atoms with van der Waals surface area (Å²) in [5, 5.41) is 2.47. The average Bonchev–Trinajstić information content (AvgIpc) is 1.68. The van der Waals surface area contributed by atoms with E-state index in [0.29, 0.717) is 0 Å². The molecule has 1 radical (unpaired) electrons. The highest BCUT2D eigenvalue weighted by atomic mass is 16.1. The molecular formula is C4H9BNO. The van der Waals surface area contributed by atoms with Gasteiger partial charge in [0.25, 0.3) is 0 Å². The molecule has 0 saturated heterocycles. The molecule has 0 aromatic rings. The van der Waals surface area contributed by atoms with Gasteiger partial charge in [0.15, 0.2) is 5.81 Å². The van der Waals surface area contributed by atoms with E-state index in [1.54, 1.807) is 14.3 Å². The Hall–Kier alpha value is -0.465. The Kier molecular flexibility index (Phi) is 3.47. The lowest BCUT2D eigenvalue weighted by molar-refractivity contribution is 0.261. The van der Waals surface area contributed by atoms with E-state index in [1.807, 2.05) is 6.92 Å². The molecule has 2 nitrogen and oxygen atoms in total. The lowest BCUT2D eigenvalue weighted by atomic mass is 9.75. The van der Waals surface area contributed by atoms with Crippen LogP contribution in [0, 0.1) is 0 Å². The fourth-order valence-corrected chi connectivity index (χ4v) is 0.287. The molecule has 1 N–H and O–H groups in total. The fourth-order valence-electron chi connectivity index (χ4n) is 0.287. The summed E-state index contributed by atoms with van der Waals surface area (Å²) in [5.74, 6) is 0.00231. The van der Waals surface area contributed by atoms with E-state index in [2.05, 4.69) is 5.32 Å². The minimum absolute atomic E-state index is 0.00231. The van der Waals surface area contributed by atoms with Crippen LogP contribution in [-0.2, 0) is 0 Å². The smallest absolute Gasteiger partial charge is 0.232 e. The maximum Gasteiger partial charge on any atom is 0.232 e. The van der Waals surface area contributed by atoms with Crippen molar-refractivity contribution in [2.75, 3.05) is 7.05 Å². The molecule has 3 heteroatoms. The minimum Gasteiger partial charge on any atom is -0.368 e. The van der Waals surface area contributed by atoms with Gasteiger partial charge in [-0.2, -0.15) is 0 Å². The molecule has 0 atom stereocenters. The van der Waals surface area contributed by atoms with Crippen molar-refractivity contribution in [3.8, 4) is 0 Å². The Balaban J connectivity index is 3.00. The summed E-state index contributed by atoms with van der Waals surface area (Å²) in [6, 6.07) is 0. The molecule has 0 aromatic carbocycles. The molecule has 0 fully saturated rings. The topological polar surface area (TPSA) is 29.1 Å². The van der Waals surface area contributed by atoms with Crippen LogP contribution in [0.1, 0.15) is 6.92 Å². The summed E-state index contributed by atoms with van der Waals surface area (Å²) < 4.78 is 0. The van der Waals surface area contributed by atoms with E-state index in [4.69, 9.17) is 0 Å². The summed E-state index contributed by atoms with van der Waals surface area (Å²) in [6.07, 6.45) is 0.805. The summed E-state index contributed by atoms with van der Waals surface area (Å²) in [4.78, 5) is 10.2. The third-order valence-corrected chi connectivity index (χ3v) is 0.636. The number of hydrogen-bond donors (Lipinski definition) is 1. The van der Waals surface area contributed by atoms with Gasteiger partial charge in [-0.1, -0.05) is 13.2 Å². The number of amides is 1. The Bertz CT molecular complexity index is 64.7. The van der Waals surface area contributed by atoms with Crippen LogP contribution in [0.2, 0.25) is 6.32 Å². The van der Waals surface area contributed by atoms with Gasteiger partial charge in [-0.05, 0) is 0 Å². The average molecular weight is 97.9 g/mol. The van der Waals surface area contributed by atoms with Crippen LogP contribution in [0.4, 0.5) is 4.79 Å². The van der Waals surface area contributed by atoms with Gasteiger partial charge in [0, 0.05) is 7.05 Å². The molecule has 39 valence electrons. The monoisotopic (exact) mass is 98.1 g/mol. The Morgan fingerprint density at radius 2 is 2.43 bits per heavy atom. The van der Waals surface area contributed by atoms with Crippen molar-refractivity contribution in [2.45, 2.75) is 13.2 Å². The van der Waals surface area contributed by atoms with Gasteiger partial charge < -0.3 is 5.32 Å². The zero-order valence-electron chi connectivity index (χ0n) is 4.69. The molecule has 0 bridgehead atoms. The number of carbonyl (C=O) groups excluding carboxylic acids is 1. The quantitative estimate of drug-likeness (QED) is 0.499. The van der Waals surface area contributed by atoms with E-state index >= 15 is 0 Å². The van der Waals surface area contributed by atoms with E-state index in [-0.39, 0.29) is 5.81 Å². The van der Waals surface area contributed by atoms with Crippen molar-refractivity contribution >= 4 is 13.1 Å². The van der Waals surface area contributed by atoms with Gasteiger partial charge in [-0.3, -0.25) is 4.79 Å². The normalized spacial score (nSPS) is 7.71. The van der Waals surface area contributed by atoms with Crippen LogP contribution in [0.3, 0.4) is 0 Å². The zero-order valence-corrected chi connectivity index (χ0v) is 4.69. The van der Waals surface area contributed by atoms with Crippen molar-refractivity contribution in [1.29, 1.82) is 0 Å². The molecule has 1 amide bonds. The third-order valence-electron chi connectivity index (χ3n) is 0.636. The summed E-state index contributed by atoms with van der Waals surface area (Å²) >= 11 is 0. The number of rotatable bonds is 2. The van der Waals surface area contributed by atoms with Crippen molar-refractivity contribution in [2.24, 2.45) is 0 Å². The molecule has 0 aliphatic carbocycles. The predicted octanol–water partition coefficient (Wildman–Crippen LogP) is 0.468. The Labute approximate surface area is 44.5 Å². The molecule has 0 aliphatic heterocycles. The van der Waals surface area contributed by atoms with Crippen LogP contribution < -0.4 is 5.32 Å². The molecule has 7 heavy (non-hydrogen) atoms. The molecule has 0 aromatic heterocycles. The predicted molar refractivity (Wildman–Crippen MR) is 30.7 cm³/mol. The Morgan fingerprint density at radius 1 is 1.86 bits per heavy atom. The molecule has 0 unspecified atom stereocenters. The summed E-state index contributed by atoms with van der Waals surface area (Å²) in [7, 11) is 3.22. The third kappa shape index (κ3) is 3.36. The van der Waals surface area contributed by atoms with Crippen LogP contribution in [0.25, 0.3) is 0 Å². The van der Waals surface area contributed by atoms with Gasteiger partial charge in [0.2, 0.25) is 7.28 Å². The zero-order chi connectivity index (χ0) is 5.70. The highest BCUT2D eigenvalue weighted by Gasteiger charge is 1.93. The van der Waals surface area contributed by atoms with Crippen LogP contribution in [0.15, 0.2) is 0 Å². The van der Waals surface area contributed by atoms with E-state index in [0.717, 1.165) is 6.32 Å². The summed E-state index contributed by atoms with van der Waals surface area (Å²) in [6.45, 7) is 1.93. The molecule has 0 spiro atoms. The fraction of sp³-hybridized carbons (Fsp3) is 0.750. The van der Waals surface area contributed by atoms with Crippen molar-refractivity contribution in [1.82, 2.24) is 5.32 Å². The first kappa shape index (κ1) is 6.53. The maximum atomic E-state index is 10.2. The van der Waals surface area contributed by atoms with Crippen LogP contribution in [-0.4, -0.2) is 20.1 Å². The number of nitrogens with one attached hydrogen (secondary N) is 1. The first-order chi connectivity index (χ1) is 3.31. The van der Waals surface area contributed by atoms with Crippen LogP contribution >= 0.6 is 0 Å². The molecule has 0 heterocycles. The number of hydrogen-bond acceptors (Lipinski definition) is 1. The second-order valence-corrected chi connectivity index (χ2v) is 1.23. The highest BCUT2D eigenvalue weighted by molar-refractivity contribution is 6.73. The van der Waals surface area contributed by atoms with Crippen molar-refractivity contribution < 1.29 is 4.79 Å².